The van der Waals surface area contributed by atoms with E-state index in [4.69, 9.17) is 0 Å². The fourth-order valence-corrected chi connectivity index (χ4v) is 6.55. The van der Waals surface area contributed by atoms with Crippen molar-refractivity contribution in [2.75, 3.05) is 0 Å². The van der Waals surface area contributed by atoms with Gasteiger partial charge in [-0.1, -0.05) is 19.1 Å². The Morgan fingerprint density at radius 1 is 1.11 bits per heavy atom. The van der Waals surface area contributed by atoms with Crippen molar-refractivity contribution in [3.63, 3.8) is 0 Å². The molecule has 3 rings (SSSR count). The Balaban J connectivity index is 1.97. The minimum atomic E-state index is -4.98. The number of alkyl halides is 6. The van der Waals surface area contributed by atoms with E-state index in [2.05, 4.69) is 23.4 Å². The van der Waals surface area contributed by atoms with E-state index in [9.17, 15) is 31.1 Å². The lowest BCUT2D eigenvalue weighted by Crippen LogP contribution is -2.34. The monoisotopic (exact) mass is 408 g/mol. The van der Waals surface area contributed by atoms with E-state index >= 15 is 0 Å². The smallest absolute Gasteiger partial charge is 0.351 e. The summed E-state index contributed by atoms with van der Waals surface area (Å²) in [6, 6.07) is 3.47. The molecule has 27 heavy (non-hydrogen) atoms. The third-order valence-electron chi connectivity index (χ3n) is 4.92. The molecule has 0 bridgehead atoms. The molecule has 1 aromatic carbocycles. The van der Waals surface area contributed by atoms with Crippen molar-refractivity contribution in [3.8, 4) is 0 Å². The molecule has 1 atom stereocenters. The van der Waals surface area contributed by atoms with Gasteiger partial charge in [0, 0.05) is 25.0 Å². The first-order valence-electron chi connectivity index (χ1n) is 8.38. The van der Waals surface area contributed by atoms with E-state index < -0.39 is 42.8 Å². The number of aromatic amines is 1. The van der Waals surface area contributed by atoms with Crippen LogP contribution in [0.2, 0.25) is 25.2 Å². The third-order valence-corrected chi connectivity index (χ3v) is 8.16. The number of hydrogen-bond acceptors (Lipinski definition) is 1. The Kier molecular flexibility index (Phi) is 4.60. The molecule has 1 saturated heterocycles. The van der Waals surface area contributed by atoms with E-state index in [0.29, 0.717) is 6.07 Å². The number of carbonyl (C=O) groups excluding carboxylic acids is 1. The predicted molar refractivity (Wildman–Crippen MR) is 91.3 cm³/mol. The first kappa shape index (κ1) is 19.8. The van der Waals surface area contributed by atoms with Crippen LogP contribution in [-0.2, 0) is 12.4 Å². The van der Waals surface area contributed by atoms with E-state index in [1.807, 2.05) is 0 Å². The lowest BCUT2D eigenvalue weighted by atomic mass is 10.0. The minimum Gasteiger partial charge on any atom is -0.351 e. The maximum Gasteiger partial charge on any atom is 0.417 e. The average molecular weight is 408 g/mol. The van der Waals surface area contributed by atoms with Crippen LogP contribution in [0.4, 0.5) is 26.3 Å². The SMILES string of the molecule is C[Si]1(C)CCC(NC(=O)c2cc3c(C(F)(F)F)cc(C(F)(F)F)cc3[nH]2)C1. The van der Waals surface area contributed by atoms with Gasteiger partial charge >= 0.3 is 12.4 Å². The molecule has 148 valence electrons. The van der Waals surface area contributed by atoms with Crippen LogP contribution in [0.3, 0.4) is 0 Å². The zero-order valence-electron chi connectivity index (χ0n) is 14.6. The molecule has 1 amide bonds. The van der Waals surface area contributed by atoms with Gasteiger partial charge in [0.05, 0.1) is 11.1 Å². The highest BCUT2D eigenvalue weighted by Gasteiger charge is 2.39. The summed E-state index contributed by atoms with van der Waals surface area (Å²) in [5.41, 5.74) is -3.39. The number of amides is 1. The molecule has 2 aromatic rings. The predicted octanol–water partition coefficient (Wildman–Crippen LogP) is 5.42. The highest BCUT2D eigenvalue weighted by Crippen LogP contribution is 2.40. The van der Waals surface area contributed by atoms with E-state index in [1.54, 1.807) is 0 Å². The van der Waals surface area contributed by atoms with Gasteiger partial charge in [0.1, 0.15) is 5.69 Å². The van der Waals surface area contributed by atoms with Crippen LogP contribution in [0.15, 0.2) is 18.2 Å². The van der Waals surface area contributed by atoms with Gasteiger partial charge in [-0.2, -0.15) is 26.3 Å². The molecular formula is C17H18F6N2OSi. The second-order valence-corrected chi connectivity index (χ2v) is 13.0. The lowest BCUT2D eigenvalue weighted by Gasteiger charge is -2.15. The van der Waals surface area contributed by atoms with Crippen LogP contribution in [0.1, 0.15) is 28.0 Å². The van der Waals surface area contributed by atoms with E-state index in [1.165, 1.54) is 0 Å². The summed E-state index contributed by atoms with van der Waals surface area (Å²) in [6.07, 6.45) is -9.10. The Morgan fingerprint density at radius 2 is 1.78 bits per heavy atom. The molecule has 1 aliphatic rings. The summed E-state index contributed by atoms with van der Waals surface area (Å²) in [5, 5.41) is 2.32. The molecular weight excluding hydrogens is 390 g/mol. The van der Waals surface area contributed by atoms with Gasteiger partial charge in [-0.25, -0.2) is 0 Å². The fraction of sp³-hybridized carbons (Fsp3) is 0.471. The van der Waals surface area contributed by atoms with Crippen LogP contribution in [-0.4, -0.2) is 25.0 Å². The van der Waals surface area contributed by atoms with E-state index in [-0.39, 0.29) is 23.3 Å². The molecule has 0 spiro atoms. The highest BCUT2D eigenvalue weighted by atomic mass is 28.3. The number of benzene rings is 1. The maximum absolute atomic E-state index is 13.2. The van der Waals surface area contributed by atoms with Gasteiger partial charge < -0.3 is 10.3 Å². The second-order valence-electron chi connectivity index (χ2n) is 7.74. The zero-order chi connectivity index (χ0) is 20.2. The molecule has 0 aliphatic carbocycles. The lowest BCUT2D eigenvalue weighted by molar-refractivity contribution is -0.142. The van der Waals surface area contributed by atoms with E-state index in [0.717, 1.165) is 24.6 Å². The first-order chi connectivity index (χ1) is 12.3. The number of fused-ring (bicyclic) bond motifs is 1. The van der Waals surface area contributed by atoms with Crippen molar-refractivity contribution in [1.82, 2.24) is 10.3 Å². The second kappa shape index (κ2) is 6.28. The van der Waals surface area contributed by atoms with Crippen molar-refractivity contribution in [3.05, 3.63) is 35.0 Å². The van der Waals surface area contributed by atoms with Crippen LogP contribution in [0, 0.1) is 0 Å². The normalized spacial score (nSPS) is 20.2. The molecule has 1 fully saturated rings. The number of hydrogen-bond donors (Lipinski definition) is 2. The van der Waals surface area contributed by atoms with Crippen LogP contribution in [0.5, 0.6) is 0 Å². The van der Waals surface area contributed by atoms with Crippen molar-refractivity contribution in [1.29, 1.82) is 0 Å². The van der Waals surface area contributed by atoms with Gasteiger partial charge in [-0.15, -0.1) is 0 Å². The number of H-pyrrole nitrogens is 1. The molecule has 2 heterocycles. The zero-order valence-corrected chi connectivity index (χ0v) is 15.6. The number of rotatable bonds is 2. The molecule has 0 saturated carbocycles. The third kappa shape index (κ3) is 4.15. The van der Waals surface area contributed by atoms with Gasteiger partial charge in [-0.05, 0) is 30.7 Å². The summed E-state index contributed by atoms with van der Waals surface area (Å²) >= 11 is 0. The minimum absolute atomic E-state index is 0.0570. The Bertz CT molecular complexity index is 884. The van der Waals surface area contributed by atoms with Gasteiger partial charge in [-0.3, -0.25) is 4.79 Å². The van der Waals surface area contributed by atoms with Crippen molar-refractivity contribution in [2.45, 2.75) is 50.0 Å². The van der Waals surface area contributed by atoms with Crippen molar-refractivity contribution in [2.24, 2.45) is 0 Å². The topological polar surface area (TPSA) is 44.9 Å². The molecule has 1 aliphatic heterocycles. The fourth-order valence-electron chi connectivity index (χ4n) is 3.58. The standard InChI is InChI=1S/C17H18F6N2OSi/c1-27(2)4-3-10(8-27)24-15(26)14-7-11-12(17(21,22)23)5-9(16(18,19)20)6-13(11)25-14/h5-7,10,25H,3-4,8H2,1-2H3,(H,24,26). The summed E-state index contributed by atoms with van der Waals surface area (Å²) in [4.78, 5) is 14.8. The maximum atomic E-state index is 13.2. The Morgan fingerprint density at radius 3 is 2.30 bits per heavy atom. The first-order valence-corrected chi connectivity index (χ1v) is 11.8. The summed E-state index contributed by atoms with van der Waals surface area (Å²) < 4.78 is 78.5. The van der Waals surface area contributed by atoms with Crippen LogP contribution in [0.25, 0.3) is 10.9 Å². The molecule has 2 N–H and O–H groups in total. The van der Waals surface area contributed by atoms with Gasteiger partial charge in [0.25, 0.3) is 5.91 Å². The molecule has 0 radical (unpaired) electrons. The Labute approximate surface area is 152 Å². The Hall–Kier alpha value is -1.97. The number of aromatic nitrogens is 1. The largest absolute Gasteiger partial charge is 0.417 e. The van der Waals surface area contributed by atoms with Crippen LogP contribution >= 0.6 is 0 Å². The van der Waals surface area contributed by atoms with Gasteiger partial charge in [0.2, 0.25) is 0 Å². The average Bonchev–Trinajstić information content (AvgIpc) is 3.07. The summed E-state index contributed by atoms with van der Waals surface area (Å²) in [5.74, 6) is -0.607. The van der Waals surface area contributed by atoms with Gasteiger partial charge in [0.15, 0.2) is 0 Å². The van der Waals surface area contributed by atoms with Crippen LogP contribution < -0.4 is 5.32 Å². The highest BCUT2D eigenvalue weighted by molar-refractivity contribution is 6.78. The number of carbonyl (C=O) groups is 1. The quantitative estimate of drug-likeness (QED) is 0.506. The molecule has 1 unspecified atom stereocenters. The summed E-state index contributed by atoms with van der Waals surface area (Å²) in [6.45, 7) is 4.38. The number of halogens is 6. The van der Waals surface area contributed by atoms with Crippen molar-refractivity contribution >= 4 is 24.9 Å². The molecule has 1 aromatic heterocycles. The number of nitrogens with one attached hydrogen (secondary N) is 2. The summed E-state index contributed by atoms with van der Waals surface area (Å²) in [7, 11) is -1.36. The molecule has 3 nitrogen and oxygen atoms in total. The van der Waals surface area contributed by atoms with Crippen molar-refractivity contribution < 1.29 is 31.1 Å². The molecule has 10 heteroatoms.